The molecule has 2 heterocycles. The molecule has 0 saturated carbocycles. The summed E-state index contributed by atoms with van der Waals surface area (Å²) in [6, 6.07) is 0. The fourth-order valence-electron chi connectivity index (χ4n) is 2.77. The molecule has 0 spiro atoms. The van der Waals surface area contributed by atoms with Gasteiger partial charge in [-0.2, -0.15) is 0 Å². The molecule has 1 saturated heterocycles. The highest BCUT2D eigenvalue weighted by atomic mass is 32.1. The molecule has 0 unspecified atom stereocenters. The maximum absolute atomic E-state index is 12.3. The highest BCUT2D eigenvalue weighted by molar-refractivity contribution is 7.10. The molecule has 1 N–H and O–H groups in total. The summed E-state index contributed by atoms with van der Waals surface area (Å²) in [5, 5.41) is 11.5. The van der Waals surface area contributed by atoms with E-state index in [1.807, 2.05) is 5.38 Å². The van der Waals surface area contributed by atoms with Crippen LogP contribution in [0.1, 0.15) is 40.1 Å². The molecule has 1 aromatic rings. The quantitative estimate of drug-likeness (QED) is 0.827. The second kappa shape index (κ2) is 4.42. The average Bonchev–Trinajstić information content (AvgIpc) is 2.94. The standard InChI is InChI=1S/C13H17NO2S/c15-9-5-6-14(7-9)13(16)11-8-17-12-4-2-1-3-10(11)12/h8-9,15H,1-7H2/t9-/m0/s1. The van der Waals surface area contributed by atoms with Gasteiger partial charge in [0.2, 0.25) is 0 Å². The second-order valence-electron chi connectivity index (χ2n) is 4.95. The number of aliphatic hydroxyl groups excluding tert-OH is 1. The molecular formula is C13H17NO2S. The Morgan fingerprint density at radius 3 is 3.00 bits per heavy atom. The lowest BCUT2D eigenvalue weighted by molar-refractivity contribution is 0.0764. The van der Waals surface area contributed by atoms with Gasteiger partial charge in [0.25, 0.3) is 5.91 Å². The molecule has 1 amide bonds. The van der Waals surface area contributed by atoms with E-state index in [1.165, 1.54) is 23.3 Å². The number of hydrogen-bond donors (Lipinski definition) is 1. The maximum Gasteiger partial charge on any atom is 0.255 e. The topological polar surface area (TPSA) is 40.5 Å². The van der Waals surface area contributed by atoms with E-state index >= 15 is 0 Å². The van der Waals surface area contributed by atoms with Gasteiger partial charge in [0.1, 0.15) is 0 Å². The third-order valence-electron chi connectivity index (χ3n) is 3.74. The van der Waals surface area contributed by atoms with Crippen molar-refractivity contribution < 1.29 is 9.90 Å². The Morgan fingerprint density at radius 2 is 2.24 bits per heavy atom. The van der Waals surface area contributed by atoms with Crippen LogP contribution in [-0.4, -0.2) is 35.1 Å². The Labute approximate surface area is 105 Å². The Hall–Kier alpha value is -0.870. The first-order chi connectivity index (χ1) is 8.25. The summed E-state index contributed by atoms with van der Waals surface area (Å²) >= 11 is 1.73. The average molecular weight is 251 g/mol. The monoisotopic (exact) mass is 251 g/mol. The van der Waals surface area contributed by atoms with Gasteiger partial charge in [-0.15, -0.1) is 11.3 Å². The van der Waals surface area contributed by atoms with E-state index in [0.717, 1.165) is 24.8 Å². The van der Waals surface area contributed by atoms with Crippen LogP contribution in [0.3, 0.4) is 0 Å². The van der Waals surface area contributed by atoms with Crippen molar-refractivity contribution in [3.05, 3.63) is 21.4 Å². The molecule has 0 radical (unpaired) electrons. The van der Waals surface area contributed by atoms with Gasteiger partial charge in [0.05, 0.1) is 11.7 Å². The van der Waals surface area contributed by atoms with Crippen LogP contribution in [-0.2, 0) is 12.8 Å². The first kappa shape index (κ1) is 11.2. The maximum atomic E-state index is 12.3. The zero-order valence-corrected chi connectivity index (χ0v) is 10.6. The van der Waals surface area contributed by atoms with Gasteiger partial charge in [-0.25, -0.2) is 0 Å². The van der Waals surface area contributed by atoms with E-state index < -0.39 is 0 Å². The number of aryl methyl sites for hydroxylation is 1. The minimum Gasteiger partial charge on any atom is -0.391 e. The van der Waals surface area contributed by atoms with Gasteiger partial charge in [0, 0.05) is 23.3 Å². The Bertz CT molecular complexity index is 441. The van der Waals surface area contributed by atoms with E-state index in [-0.39, 0.29) is 12.0 Å². The first-order valence-electron chi connectivity index (χ1n) is 6.32. The normalized spacial score (nSPS) is 23.8. The Morgan fingerprint density at radius 1 is 1.41 bits per heavy atom. The Balaban J connectivity index is 1.84. The number of β-amino-alcohol motifs (C(OH)–C–C–N with tert-alkyl or cyclic N) is 1. The zero-order valence-electron chi connectivity index (χ0n) is 9.82. The predicted molar refractivity (Wildman–Crippen MR) is 67.5 cm³/mol. The number of carbonyl (C=O) groups is 1. The largest absolute Gasteiger partial charge is 0.391 e. The molecular weight excluding hydrogens is 234 g/mol. The highest BCUT2D eigenvalue weighted by Crippen LogP contribution is 2.31. The van der Waals surface area contributed by atoms with Gasteiger partial charge < -0.3 is 10.0 Å². The number of fused-ring (bicyclic) bond motifs is 1. The number of thiophene rings is 1. The SMILES string of the molecule is O=C(c1csc2c1CCCC2)N1CC[C@H](O)C1. The van der Waals surface area contributed by atoms with E-state index in [0.29, 0.717) is 13.1 Å². The van der Waals surface area contributed by atoms with Crippen molar-refractivity contribution in [1.29, 1.82) is 0 Å². The third kappa shape index (κ3) is 2.00. The van der Waals surface area contributed by atoms with Crippen molar-refractivity contribution in [3.63, 3.8) is 0 Å². The molecule has 0 bridgehead atoms. The van der Waals surface area contributed by atoms with Crippen molar-refractivity contribution in [3.8, 4) is 0 Å². The van der Waals surface area contributed by atoms with E-state index in [1.54, 1.807) is 16.2 Å². The number of aliphatic hydroxyl groups is 1. The Kier molecular flexibility index (Phi) is 2.92. The van der Waals surface area contributed by atoms with Crippen molar-refractivity contribution in [2.24, 2.45) is 0 Å². The summed E-state index contributed by atoms with van der Waals surface area (Å²) < 4.78 is 0. The smallest absolute Gasteiger partial charge is 0.255 e. The lowest BCUT2D eigenvalue weighted by Gasteiger charge is -2.17. The highest BCUT2D eigenvalue weighted by Gasteiger charge is 2.28. The van der Waals surface area contributed by atoms with Gasteiger partial charge in [-0.3, -0.25) is 4.79 Å². The summed E-state index contributed by atoms with van der Waals surface area (Å²) in [7, 11) is 0. The van der Waals surface area contributed by atoms with Crippen LogP contribution in [0.25, 0.3) is 0 Å². The van der Waals surface area contributed by atoms with Crippen molar-refractivity contribution in [2.75, 3.05) is 13.1 Å². The van der Waals surface area contributed by atoms with Crippen molar-refractivity contribution >= 4 is 17.2 Å². The molecule has 92 valence electrons. The summed E-state index contributed by atoms with van der Waals surface area (Å²) in [4.78, 5) is 15.5. The number of carbonyl (C=O) groups excluding carboxylic acids is 1. The first-order valence-corrected chi connectivity index (χ1v) is 7.20. The van der Waals surface area contributed by atoms with Crippen LogP contribution in [0.2, 0.25) is 0 Å². The van der Waals surface area contributed by atoms with E-state index in [4.69, 9.17) is 0 Å². The molecule has 4 heteroatoms. The molecule has 1 aliphatic heterocycles. The molecule has 3 rings (SSSR count). The summed E-state index contributed by atoms with van der Waals surface area (Å²) in [5.74, 6) is 0.126. The molecule has 1 atom stereocenters. The predicted octanol–water partition coefficient (Wildman–Crippen LogP) is 1.83. The number of rotatable bonds is 1. The molecule has 3 nitrogen and oxygen atoms in total. The second-order valence-corrected chi connectivity index (χ2v) is 5.92. The van der Waals surface area contributed by atoms with Crippen molar-refractivity contribution in [1.82, 2.24) is 4.90 Å². The molecule has 1 fully saturated rings. The number of amides is 1. The van der Waals surface area contributed by atoms with Crippen LogP contribution in [0, 0.1) is 0 Å². The van der Waals surface area contributed by atoms with Crippen molar-refractivity contribution in [2.45, 2.75) is 38.2 Å². The number of hydrogen-bond acceptors (Lipinski definition) is 3. The van der Waals surface area contributed by atoms with Crippen LogP contribution in [0.5, 0.6) is 0 Å². The molecule has 1 aromatic heterocycles. The van der Waals surface area contributed by atoms with Gasteiger partial charge >= 0.3 is 0 Å². The molecule has 17 heavy (non-hydrogen) atoms. The fraction of sp³-hybridized carbons (Fsp3) is 0.615. The van der Waals surface area contributed by atoms with Crippen LogP contribution in [0.15, 0.2) is 5.38 Å². The van der Waals surface area contributed by atoms with Gasteiger partial charge in [-0.1, -0.05) is 0 Å². The zero-order chi connectivity index (χ0) is 11.8. The number of nitrogens with zero attached hydrogens (tertiary/aromatic N) is 1. The summed E-state index contributed by atoms with van der Waals surface area (Å²) in [6.07, 6.45) is 5.04. The minimum absolute atomic E-state index is 0.126. The summed E-state index contributed by atoms with van der Waals surface area (Å²) in [5.41, 5.74) is 2.19. The minimum atomic E-state index is -0.326. The van der Waals surface area contributed by atoms with E-state index in [9.17, 15) is 9.90 Å². The fourth-order valence-corrected chi connectivity index (χ4v) is 3.89. The molecule has 0 aromatic carbocycles. The third-order valence-corrected chi connectivity index (χ3v) is 4.83. The molecule has 1 aliphatic carbocycles. The van der Waals surface area contributed by atoms with E-state index in [2.05, 4.69) is 0 Å². The molecule has 2 aliphatic rings. The number of likely N-dealkylation sites (tertiary alicyclic amines) is 1. The van der Waals surface area contributed by atoms with Gasteiger partial charge in [-0.05, 0) is 37.7 Å². The summed E-state index contributed by atoms with van der Waals surface area (Å²) in [6.45, 7) is 1.20. The van der Waals surface area contributed by atoms with Gasteiger partial charge in [0.15, 0.2) is 0 Å². The van der Waals surface area contributed by atoms with Crippen LogP contribution in [0.4, 0.5) is 0 Å². The lowest BCUT2D eigenvalue weighted by atomic mass is 9.95. The lowest BCUT2D eigenvalue weighted by Crippen LogP contribution is -2.30. The van der Waals surface area contributed by atoms with Crippen LogP contribution < -0.4 is 0 Å². The van der Waals surface area contributed by atoms with Crippen LogP contribution >= 0.6 is 11.3 Å².